The van der Waals surface area contributed by atoms with Crippen molar-refractivity contribution in [2.75, 3.05) is 0 Å². The SMILES string of the molecule is CC(=O)CC(C)c1ccco1. The number of ketones is 1. The van der Waals surface area contributed by atoms with Crippen molar-refractivity contribution >= 4 is 5.78 Å². The summed E-state index contributed by atoms with van der Waals surface area (Å²) in [5, 5.41) is 0. The Balaban J connectivity index is 2.56. The molecule has 0 bridgehead atoms. The highest BCUT2D eigenvalue weighted by Gasteiger charge is 2.09. The molecule has 2 heteroatoms. The molecule has 1 aromatic rings. The summed E-state index contributed by atoms with van der Waals surface area (Å²) in [7, 11) is 0. The van der Waals surface area contributed by atoms with Crippen LogP contribution >= 0.6 is 0 Å². The van der Waals surface area contributed by atoms with E-state index in [2.05, 4.69) is 0 Å². The van der Waals surface area contributed by atoms with Gasteiger partial charge in [-0.15, -0.1) is 0 Å². The Labute approximate surface area is 66.2 Å². The molecule has 0 saturated carbocycles. The van der Waals surface area contributed by atoms with Crippen molar-refractivity contribution in [1.29, 1.82) is 0 Å². The van der Waals surface area contributed by atoms with E-state index in [-0.39, 0.29) is 11.7 Å². The summed E-state index contributed by atoms with van der Waals surface area (Å²) in [5.74, 6) is 1.30. The second kappa shape index (κ2) is 3.37. The van der Waals surface area contributed by atoms with E-state index in [1.54, 1.807) is 13.2 Å². The van der Waals surface area contributed by atoms with Gasteiger partial charge in [-0.1, -0.05) is 6.92 Å². The van der Waals surface area contributed by atoms with Crippen LogP contribution in [0, 0.1) is 0 Å². The van der Waals surface area contributed by atoms with Gasteiger partial charge < -0.3 is 9.21 Å². The Morgan fingerprint density at radius 2 is 2.45 bits per heavy atom. The van der Waals surface area contributed by atoms with Gasteiger partial charge >= 0.3 is 0 Å². The first-order valence-corrected chi connectivity index (χ1v) is 3.73. The molecule has 0 radical (unpaired) electrons. The number of hydrogen-bond acceptors (Lipinski definition) is 2. The molecule has 1 heterocycles. The fourth-order valence-corrected chi connectivity index (χ4v) is 1.10. The topological polar surface area (TPSA) is 30.2 Å². The third kappa shape index (κ3) is 2.22. The zero-order valence-corrected chi connectivity index (χ0v) is 6.83. The maximum atomic E-state index is 10.7. The van der Waals surface area contributed by atoms with Gasteiger partial charge in [0, 0.05) is 12.3 Å². The molecule has 0 fully saturated rings. The number of carbonyl (C=O) groups is 1. The quantitative estimate of drug-likeness (QED) is 0.665. The Bertz CT molecular complexity index is 224. The molecule has 2 nitrogen and oxygen atoms in total. The molecule has 1 rings (SSSR count). The lowest BCUT2D eigenvalue weighted by molar-refractivity contribution is -0.117. The van der Waals surface area contributed by atoms with Crippen molar-refractivity contribution in [3.63, 3.8) is 0 Å². The van der Waals surface area contributed by atoms with Crippen LogP contribution in [0.5, 0.6) is 0 Å². The third-order valence-electron chi connectivity index (χ3n) is 1.62. The molecule has 1 aromatic heterocycles. The van der Waals surface area contributed by atoms with E-state index < -0.39 is 0 Å². The van der Waals surface area contributed by atoms with Crippen molar-refractivity contribution in [2.24, 2.45) is 0 Å². The molecule has 0 aliphatic heterocycles. The predicted octanol–water partition coefficient (Wildman–Crippen LogP) is 2.36. The predicted molar refractivity (Wildman–Crippen MR) is 42.4 cm³/mol. The van der Waals surface area contributed by atoms with Crippen LogP contribution in [0.4, 0.5) is 0 Å². The van der Waals surface area contributed by atoms with Crippen LogP contribution in [-0.2, 0) is 4.79 Å². The van der Waals surface area contributed by atoms with E-state index in [1.165, 1.54) is 0 Å². The van der Waals surface area contributed by atoms with E-state index in [9.17, 15) is 4.79 Å². The number of rotatable bonds is 3. The monoisotopic (exact) mass is 152 g/mol. The summed E-state index contributed by atoms with van der Waals surface area (Å²) < 4.78 is 5.14. The minimum atomic E-state index is 0.203. The van der Waals surface area contributed by atoms with Gasteiger partial charge in [0.1, 0.15) is 11.5 Å². The lowest BCUT2D eigenvalue weighted by Gasteiger charge is -2.03. The van der Waals surface area contributed by atoms with Crippen LogP contribution in [0.15, 0.2) is 22.8 Å². The average molecular weight is 152 g/mol. The van der Waals surface area contributed by atoms with Gasteiger partial charge in [-0.2, -0.15) is 0 Å². The summed E-state index contributed by atoms with van der Waals surface area (Å²) in [5.41, 5.74) is 0. The smallest absolute Gasteiger partial charge is 0.130 e. The molecular weight excluding hydrogens is 140 g/mol. The maximum Gasteiger partial charge on any atom is 0.130 e. The Morgan fingerprint density at radius 3 is 2.91 bits per heavy atom. The van der Waals surface area contributed by atoms with E-state index in [1.807, 2.05) is 19.1 Å². The first kappa shape index (κ1) is 8.05. The maximum absolute atomic E-state index is 10.7. The third-order valence-corrected chi connectivity index (χ3v) is 1.62. The molecule has 0 aromatic carbocycles. The van der Waals surface area contributed by atoms with Crippen molar-refractivity contribution < 1.29 is 9.21 Å². The first-order valence-electron chi connectivity index (χ1n) is 3.73. The fraction of sp³-hybridized carbons (Fsp3) is 0.444. The second-order valence-corrected chi connectivity index (χ2v) is 2.82. The first-order chi connectivity index (χ1) is 5.20. The van der Waals surface area contributed by atoms with Crippen molar-refractivity contribution in [3.05, 3.63) is 24.2 Å². The normalized spacial score (nSPS) is 12.9. The number of hydrogen-bond donors (Lipinski definition) is 0. The molecule has 1 unspecified atom stereocenters. The summed E-state index contributed by atoms with van der Waals surface area (Å²) in [4.78, 5) is 10.7. The fourth-order valence-electron chi connectivity index (χ4n) is 1.10. The highest BCUT2D eigenvalue weighted by Crippen LogP contribution is 2.18. The summed E-state index contributed by atoms with van der Waals surface area (Å²) in [6.07, 6.45) is 2.19. The van der Waals surface area contributed by atoms with Gasteiger partial charge in [-0.05, 0) is 19.1 Å². The van der Waals surface area contributed by atoms with Crippen LogP contribution in [0.25, 0.3) is 0 Å². The Morgan fingerprint density at radius 1 is 1.73 bits per heavy atom. The Kier molecular flexibility index (Phi) is 2.47. The van der Waals surface area contributed by atoms with Gasteiger partial charge in [0.05, 0.1) is 6.26 Å². The summed E-state index contributed by atoms with van der Waals surface area (Å²) >= 11 is 0. The molecule has 0 spiro atoms. The van der Waals surface area contributed by atoms with E-state index in [4.69, 9.17) is 4.42 Å². The summed E-state index contributed by atoms with van der Waals surface area (Å²) in [6, 6.07) is 3.74. The molecule has 1 atom stereocenters. The minimum Gasteiger partial charge on any atom is -0.469 e. The molecule has 11 heavy (non-hydrogen) atoms. The van der Waals surface area contributed by atoms with E-state index in [0.29, 0.717) is 6.42 Å². The van der Waals surface area contributed by atoms with Crippen LogP contribution in [0.3, 0.4) is 0 Å². The Hall–Kier alpha value is -1.05. The summed E-state index contributed by atoms with van der Waals surface area (Å²) in [6.45, 7) is 3.58. The molecular formula is C9H12O2. The zero-order chi connectivity index (χ0) is 8.27. The molecule has 0 amide bonds. The van der Waals surface area contributed by atoms with Crippen LogP contribution in [0.1, 0.15) is 31.9 Å². The van der Waals surface area contributed by atoms with Crippen molar-refractivity contribution in [3.8, 4) is 0 Å². The number of furan rings is 1. The van der Waals surface area contributed by atoms with Crippen molar-refractivity contribution in [1.82, 2.24) is 0 Å². The van der Waals surface area contributed by atoms with Crippen LogP contribution in [-0.4, -0.2) is 5.78 Å². The van der Waals surface area contributed by atoms with Gasteiger partial charge in [-0.25, -0.2) is 0 Å². The van der Waals surface area contributed by atoms with E-state index >= 15 is 0 Å². The van der Waals surface area contributed by atoms with Gasteiger partial charge in [-0.3, -0.25) is 0 Å². The minimum absolute atomic E-state index is 0.203. The van der Waals surface area contributed by atoms with Crippen LogP contribution in [0.2, 0.25) is 0 Å². The molecule has 60 valence electrons. The average Bonchev–Trinajstić information content (AvgIpc) is 2.35. The van der Waals surface area contributed by atoms with Gasteiger partial charge in [0.2, 0.25) is 0 Å². The largest absolute Gasteiger partial charge is 0.469 e. The lowest BCUT2D eigenvalue weighted by atomic mass is 10.0. The molecule has 0 aliphatic carbocycles. The highest BCUT2D eigenvalue weighted by molar-refractivity contribution is 5.76. The van der Waals surface area contributed by atoms with Gasteiger partial charge in [0.15, 0.2) is 0 Å². The molecule has 0 N–H and O–H groups in total. The zero-order valence-electron chi connectivity index (χ0n) is 6.83. The van der Waals surface area contributed by atoms with Gasteiger partial charge in [0.25, 0.3) is 0 Å². The molecule has 0 saturated heterocycles. The molecule has 0 aliphatic rings. The standard InChI is InChI=1S/C9H12O2/c1-7(6-8(2)10)9-4-3-5-11-9/h3-5,7H,6H2,1-2H3. The van der Waals surface area contributed by atoms with Crippen LogP contribution < -0.4 is 0 Å². The number of Topliss-reactive ketones (excluding diaryl/α,β-unsaturated/α-hetero) is 1. The lowest BCUT2D eigenvalue weighted by Crippen LogP contribution is -1.98. The second-order valence-electron chi connectivity index (χ2n) is 2.82. The van der Waals surface area contributed by atoms with Crippen molar-refractivity contribution in [2.45, 2.75) is 26.2 Å². The van der Waals surface area contributed by atoms with E-state index in [0.717, 1.165) is 5.76 Å². The number of carbonyl (C=O) groups excluding carboxylic acids is 1. The highest BCUT2D eigenvalue weighted by atomic mass is 16.3.